The molecule has 1 aliphatic heterocycles. The molecule has 1 N–H and O–H groups in total. The van der Waals surface area contributed by atoms with Crippen molar-refractivity contribution in [3.8, 4) is 0 Å². The summed E-state index contributed by atoms with van der Waals surface area (Å²) >= 11 is 0. The summed E-state index contributed by atoms with van der Waals surface area (Å²) in [7, 11) is 0. The molecule has 2 heteroatoms. The third-order valence-electron chi connectivity index (χ3n) is 3.70. The molecule has 1 aromatic rings. The van der Waals surface area contributed by atoms with Crippen molar-refractivity contribution in [2.75, 3.05) is 29.9 Å². The van der Waals surface area contributed by atoms with Crippen LogP contribution in [0.15, 0.2) is 24.3 Å². The average Bonchev–Trinajstić information content (AvgIpc) is 2.45. The summed E-state index contributed by atoms with van der Waals surface area (Å²) in [5.74, 6) is 0. The minimum absolute atomic E-state index is 1.10. The van der Waals surface area contributed by atoms with E-state index in [1.54, 1.807) is 0 Å². The molecule has 0 atom stereocenters. The average molecular weight is 246 g/mol. The maximum Gasteiger partial charge on any atom is 0.0602 e. The summed E-state index contributed by atoms with van der Waals surface area (Å²) in [5, 5.41) is 3.60. The first-order valence-electron chi connectivity index (χ1n) is 7.49. The number of anilines is 2. The number of rotatable bonds is 6. The molecular weight excluding hydrogens is 220 g/mol. The molecule has 0 unspecified atom stereocenters. The minimum atomic E-state index is 1.10. The Morgan fingerprint density at radius 1 is 1.06 bits per heavy atom. The second kappa shape index (κ2) is 7.30. The minimum Gasteiger partial charge on any atom is -0.383 e. The third-order valence-corrected chi connectivity index (χ3v) is 3.70. The molecule has 0 radical (unpaired) electrons. The molecule has 0 spiro atoms. The summed E-state index contributed by atoms with van der Waals surface area (Å²) < 4.78 is 0. The Morgan fingerprint density at radius 3 is 2.61 bits per heavy atom. The van der Waals surface area contributed by atoms with Gasteiger partial charge in [0.25, 0.3) is 0 Å². The maximum absolute atomic E-state index is 3.60. The van der Waals surface area contributed by atoms with Crippen LogP contribution in [0.2, 0.25) is 0 Å². The molecule has 0 amide bonds. The molecule has 18 heavy (non-hydrogen) atoms. The van der Waals surface area contributed by atoms with Crippen molar-refractivity contribution in [1.29, 1.82) is 0 Å². The molecule has 1 heterocycles. The van der Waals surface area contributed by atoms with Gasteiger partial charge >= 0.3 is 0 Å². The van der Waals surface area contributed by atoms with E-state index in [2.05, 4.69) is 41.4 Å². The number of hydrogen-bond donors (Lipinski definition) is 1. The lowest BCUT2D eigenvalue weighted by Gasteiger charge is -2.30. The number of nitrogens with zero attached hydrogens (tertiary/aromatic N) is 1. The van der Waals surface area contributed by atoms with Crippen LogP contribution in [0.25, 0.3) is 0 Å². The van der Waals surface area contributed by atoms with E-state index in [0.29, 0.717) is 0 Å². The van der Waals surface area contributed by atoms with Gasteiger partial charge in [0.2, 0.25) is 0 Å². The number of hydrogen-bond acceptors (Lipinski definition) is 2. The molecule has 1 aromatic carbocycles. The zero-order valence-corrected chi connectivity index (χ0v) is 11.6. The van der Waals surface area contributed by atoms with Crippen LogP contribution >= 0.6 is 0 Å². The molecule has 0 aromatic heterocycles. The summed E-state index contributed by atoms with van der Waals surface area (Å²) in [6.07, 6.45) is 7.94. The molecule has 2 nitrogen and oxygen atoms in total. The van der Waals surface area contributed by atoms with Crippen LogP contribution in [0.3, 0.4) is 0 Å². The first-order chi connectivity index (χ1) is 8.92. The van der Waals surface area contributed by atoms with E-state index in [0.717, 1.165) is 6.54 Å². The Kier molecular flexibility index (Phi) is 5.37. The molecule has 0 aliphatic carbocycles. The van der Waals surface area contributed by atoms with Gasteiger partial charge in [-0.05, 0) is 37.8 Å². The predicted molar refractivity (Wildman–Crippen MR) is 80.5 cm³/mol. The van der Waals surface area contributed by atoms with E-state index in [1.165, 1.54) is 63.0 Å². The Bertz CT molecular complexity index is 343. The zero-order valence-electron chi connectivity index (χ0n) is 11.6. The summed E-state index contributed by atoms with van der Waals surface area (Å²) in [6.45, 7) is 5.78. The Labute approximate surface area is 111 Å². The third kappa shape index (κ3) is 3.66. The number of unbranched alkanes of at least 4 members (excludes halogenated alkanes) is 2. The number of benzene rings is 1. The van der Waals surface area contributed by atoms with E-state index in [1.807, 2.05) is 0 Å². The van der Waals surface area contributed by atoms with E-state index in [4.69, 9.17) is 0 Å². The van der Waals surface area contributed by atoms with Gasteiger partial charge in [0.1, 0.15) is 0 Å². The van der Waals surface area contributed by atoms with Crippen LogP contribution in [-0.2, 0) is 0 Å². The molecule has 2 rings (SSSR count). The normalized spacial score (nSPS) is 15.7. The van der Waals surface area contributed by atoms with Crippen LogP contribution in [-0.4, -0.2) is 19.6 Å². The Balaban J connectivity index is 1.96. The van der Waals surface area contributed by atoms with Gasteiger partial charge in [-0.15, -0.1) is 0 Å². The van der Waals surface area contributed by atoms with E-state index < -0.39 is 0 Å². The topological polar surface area (TPSA) is 15.3 Å². The molecule has 100 valence electrons. The van der Waals surface area contributed by atoms with Crippen molar-refractivity contribution < 1.29 is 0 Å². The van der Waals surface area contributed by atoms with Crippen molar-refractivity contribution in [3.05, 3.63) is 24.3 Å². The fraction of sp³-hybridized carbons (Fsp3) is 0.625. The van der Waals surface area contributed by atoms with Gasteiger partial charge in [-0.25, -0.2) is 0 Å². The SMILES string of the molecule is CCCCCNc1ccccc1N1CCCCC1. The van der Waals surface area contributed by atoms with Crippen LogP contribution in [0, 0.1) is 0 Å². The van der Waals surface area contributed by atoms with Crippen LogP contribution in [0.1, 0.15) is 45.4 Å². The summed E-state index contributed by atoms with van der Waals surface area (Å²) in [4.78, 5) is 2.53. The molecular formula is C16H26N2. The predicted octanol–water partition coefficient (Wildman–Crippen LogP) is 4.28. The number of piperidine rings is 1. The van der Waals surface area contributed by atoms with Crippen LogP contribution in [0.4, 0.5) is 11.4 Å². The first kappa shape index (κ1) is 13.3. The molecule has 1 aliphatic rings. The largest absolute Gasteiger partial charge is 0.383 e. The molecule has 0 saturated carbocycles. The van der Waals surface area contributed by atoms with Gasteiger partial charge in [0, 0.05) is 19.6 Å². The van der Waals surface area contributed by atoms with Gasteiger partial charge in [-0.3, -0.25) is 0 Å². The van der Waals surface area contributed by atoms with E-state index in [-0.39, 0.29) is 0 Å². The summed E-state index contributed by atoms with van der Waals surface area (Å²) in [6, 6.07) is 8.76. The monoisotopic (exact) mass is 246 g/mol. The fourth-order valence-corrected chi connectivity index (χ4v) is 2.63. The second-order valence-corrected chi connectivity index (χ2v) is 5.20. The van der Waals surface area contributed by atoms with Gasteiger partial charge in [0.15, 0.2) is 0 Å². The highest BCUT2D eigenvalue weighted by Crippen LogP contribution is 2.28. The van der Waals surface area contributed by atoms with E-state index in [9.17, 15) is 0 Å². The lowest BCUT2D eigenvalue weighted by Crippen LogP contribution is -2.30. The number of nitrogens with one attached hydrogen (secondary N) is 1. The Morgan fingerprint density at radius 2 is 1.83 bits per heavy atom. The maximum atomic E-state index is 3.60. The number of para-hydroxylation sites is 2. The van der Waals surface area contributed by atoms with Crippen molar-refractivity contribution in [1.82, 2.24) is 0 Å². The standard InChI is InChI=1S/C16H26N2/c1-2-3-7-12-17-15-10-5-6-11-16(15)18-13-8-4-9-14-18/h5-6,10-11,17H,2-4,7-9,12-14H2,1H3. The molecule has 1 saturated heterocycles. The van der Waals surface area contributed by atoms with Gasteiger partial charge in [-0.1, -0.05) is 31.9 Å². The highest BCUT2D eigenvalue weighted by atomic mass is 15.1. The Hall–Kier alpha value is -1.18. The van der Waals surface area contributed by atoms with Crippen LogP contribution in [0.5, 0.6) is 0 Å². The highest BCUT2D eigenvalue weighted by Gasteiger charge is 2.13. The highest BCUT2D eigenvalue weighted by molar-refractivity contribution is 5.70. The van der Waals surface area contributed by atoms with Crippen molar-refractivity contribution in [3.63, 3.8) is 0 Å². The van der Waals surface area contributed by atoms with Crippen molar-refractivity contribution in [2.45, 2.75) is 45.4 Å². The smallest absolute Gasteiger partial charge is 0.0602 e. The van der Waals surface area contributed by atoms with E-state index >= 15 is 0 Å². The lowest BCUT2D eigenvalue weighted by molar-refractivity contribution is 0.578. The van der Waals surface area contributed by atoms with Crippen LogP contribution < -0.4 is 10.2 Å². The zero-order chi connectivity index (χ0) is 12.6. The quantitative estimate of drug-likeness (QED) is 0.754. The molecule has 1 fully saturated rings. The fourth-order valence-electron chi connectivity index (χ4n) is 2.63. The summed E-state index contributed by atoms with van der Waals surface area (Å²) in [5.41, 5.74) is 2.71. The molecule has 0 bridgehead atoms. The van der Waals surface area contributed by atoms with Crippen molar-refractivity contribution in [2.24, 2.45) is 0 Å². The first-order valence-corrected chi connectivity index (χ1v) is 7.49. The lowest BCUT2D eigenvalue weighted by atomic mass is 10.1. The van der Waals surface area contributed by atoms with Gasteiger partial charge in [0.05, 0.1) is 11.4 Å². The van der Waals surface area contributed by atoms with Gasteiger partial charge in [-0.2, -0.15) is 0 Å². The second-order valence-electron chi connectivity index (χ2n) is 5.20. The van der Waals surface area contributed by atoms with Gasteiger partial charge < -0.3 is 10.2 Å². The van der Waals surface area contributed by atoms with Crippen molar-refractivity contribution >= 4 is 11.4 Å².